The zero-order valence-corrected chi connectivity index (χ0v) is 13.3. The van der Waals surface area contributed by atoms with Crippen LogP contribution in [0.25, 0.3) is 0 Å². The van der Waals surface area contributed by atoms with Crippen LogP contribution in [0.1, 0.15) is 10.4 Å². The van der Waals surface area contributed by atoms with E-state index in [0.717, 1.165) is 0 Å². The van der Waals surface area contributed by atoms with Crippen molar-refractivity contribution < 1.29 is 23.0 Å². The Labute approximate surface area is 140 Å². The molecule has 0 saturated heterocycles. The molecule has 1 N–H and O–H groups in total. The Morgan fingerprint density at radius 2 is 1.87 bits per heavy atom. The second-order valence-corrected chi connectivity index (χ2v) is 5.17. The van der Waals surface area contributed by atoms with Gasteiger partial charge in [-0.25, -0.2) is 0 Å². The van der Waals surface area contributed by atoms with Crippen LogP contribution in [0.2, 0.25) is 10.0 Å². The number of methoxy groups -OCH3 is 1. The third kappa shape index (κ3) is 4.46. The van der Waals surface area contributed by atoms with Gasteiger partial charge in [0.05, 0.1) is 17.7 Å². The van der Waals surface area contributed by atoms with Crippen molar-refractivity contribution in [2.24, 2.45) is 0 Å². The summed E-state index contributed by atoms with van der Waals surface area (Å²) in [5.74, 6) is -0.549. The van der Waals surface area contributed by atoms with Gasteiger partial charge < -0.3 is 14.8 Å². The van der Waals surface area contributed by atoms with Crippen molar-refractivity contribution in [2.75, 3.05) is 12.4 Å². The zero-order chi connectivity index (χ0) is 17.0. The van der Waals surface area contributed by atoms with E-state index in [4.69, 9.17) is 27.9 Å². The van der Waals surface area contributed by atoms with Crippen molar-refractivity contribution >= 4 is 34.8 Å². The number of anilines is 1. The normalized spacial score (nSPS) is 10.5. The molecular weight excluding hydrogens is 351 g/mol. The van der Waals surface area contributed by atoms with Crippen molar-refractivity contribution in [3.63, 3.8) is 0 Å². The van der Waals surface area contributed by atoms with Gasteiger partial charge in [0.2, 0.25) is 0 Å². The van der Waals surface area contributed by atoms with Crippen LogP contribution in [0, 0.1) is 0 Å². The molecular formula is C15H11Cl2F2NO3. The van der Waals surface area contributed by atoms with Gasteiger partial charge in [0, 0.05) is 16.8 Å². The monoisotopic (exact) mass is 361 g/mol. The highest BCUT2D eigenvalue weighted by Crippen LogP contribution is 2.32. The molecule has 0 fully saturated rings. The highest BCUT2D eigenvalue weighted by Gasteiger charge is 2.14. The predicted molar refractivity (Wildman–Crippen MR) is 84.0 cm³/mol. The maximum atomic E-state index is 12.3. The van der Waals surface area contributed by atoms with Crippen LogP contribution < -0.4 is 14.8 Å². The summed E-state index contributed by atoms with van der Waals surface area (Å²) in [5, 5.41) is 3.18. The first-order valence-electron chi connectivity index (χ1n) is 6.30. The molecule has 23 heavy (non-hydrogen) atoms. The molecule has 8 heteroatoms. The molecule has 0 radical (unpaired) electrons. The number of amides is 1. The number of carbonyl (C=O) groups excluding carboxylic acids is 1. The number of hydrogen-bond donors (Lipinski definition) is 1. The number of nitrogens with one attached hydrogen (secondary N) is 1. The van der Waals surface area contributed by atoms with Crippen LogP contribution >= 0.6 is 23.2 Å². The highest BCUT2D eigenvalue weighted by atomic mass is 35.5. The molecule has 2 aromatic carbocycles. The fourth-order valence-corrected chi connectivity index (χ4v) is 2.31. The first-order valence-corrected chi connectivity index (χ1v) is 7.05. The molecule has 0 aliphatic rings. The molecule has 122 valence electrons. The number of ether oxygens (including phenoxy) is 2. The number of benzene rings is 2. The summed E-state index contributed by atoms with van der Waals surface area (Å²) in [4.78, 5) is 12.2. The zero-order valence-electron chi connectivity index (χ0n) is 11.8. The van der Waals surface area contributed by atoms with E-state index >= 15 is 0 Å². The Bertz CT molecular complexity index is 726. The number of carbonyl (C=O) groups is 1. The summed E-state index contributed by atoms with van der Waals surface area (Å²) >= 11 is 11.7. The molecule has 0 saturated carbocycles. The van der Waals surface area contributed by atoms with Gasteiger partial charge in [-0.1, -0.05) is 23.2 Å². The Morgan fingerprint density at radius 1 is 1.13 bits per heavy atom. The van der Waals surface area contributed by atoms with Crippen LogP contribution in [0.4, 0.5) is 14.5 Å². The second kappa shape index (κ2) is 7.48. The molecule has 2 aromatic rings. The third-order valence-corrected chi connectivity index (χ3v) is 3.36. The van der Waals surface area contributed by atoms with Crippen molar-refractivity contribution in [3.8, 4) is 11.5 Å². The first-order chi connectivity index (χ1) is 10.9. The van der Waals surface area contributed by atoms with Gasteiger partial charge >= 0.3 is 6.61 Å². The number of hydrogen-bond acceptors (Lipinski definition) is 3. The summed E-state index contributed by atoms with van der Waals surface area (Å²) in [7, 11) is 1.30. The van der Waals surface area contributed by atoms with Gasteiger partial charge in [0.15, 0.2) is 11.5 Å². The lowest BCUT2D eigenvalue weighted by Crippen LogP contribution is -2.12. The topological polar surface area (TPSA) is 47.6 Å². The molecule has 1 amide bonds. The van der Waals surface area contributed by atoms with E-state index in [9.17, 15) is 13.6 Å². The van der Waals surface area contributed by atoms with Crippen molar-refractivity contribution in [1.82, 2.24) is 0 Å². The lowest BCUT2D eigenvalue weighted by Gasteiger charge is -2.12. The van der Waals surface area contributed by atoms with E-state index < -0.39 is 12.5 Å². The molecule has 0 heterocycles. The maximum Gasteiger partial charge on any atom is 0.387 e. The summed E-state index contributed by atoms with van der Waals surface area (Å²) in [6.07, 6.45) is 0. The average Bonchev–Trinajstić information content (AvgIpc) is 2.48. The van der Waals surface area contributed by atoms with Gasteiger partial charge in [-0.15, -0.1) is 0 Å². The largest absolute Gasteiger partial charge is 0.493 e. The van der Waals surface area contributed by atoms with Crippen molar-refractivity contribution in [2.45, 2.75) is 6.61 Å². The van der Waals surface area contributed by atoms with Crippen molar-refractivity contribution in [3.05, 3.63) is 52.0 Å². The lowest BCUT2D eigenvalue weighted by molar-refractivity contribution is -0.0512. The van der Waals surface area contributed by atoms with Gasteiger partial charge in [0.1, 0.15) is 0 Å². The summed E-state index contributed by atoms with van der Waals surface area (Å²) in [6.45, 7) is -2.97. The second-order valence-electron chi connectivity index (χ2n) is 4.32. The Kier molecular flexibility index (Phi) is 5.63. The number of halogens is 4. The van der Waals surface area contributed by atoms with Crippen LogP contribution in [0.15, 0.2) is 36.4 Å². The fraction of sp³-hybridized carbons (Fsp3) is 0.133. The van der Waals surface area contributed by atoms with E-state index in [1.807, 2.05) is 0 Å². The standard InChI is InChI=1S/C15H11Cl2F2NO3/c1-22-13-7-9(3-5-12(13)23-15(18)19)20-14(21)10-4-2-8(16)6-11(10)17/h2-7,15H,1H3,(H,20,21). The van der Waals surface area contributed by atoms with E-state index in [1.54, 1.807) is 0 Å². The van der Waals surface area contributed by atoms with E-state index in [1.165, 1.54) is 43.5 Å². The first kappa shape index (κ1) is 17.3. The van der Waals surface area contributed by atoms with Crippen molar-refractivity contribution in [1.29, 1.82) is 0 Å². The highest BCUT2D eigenvalue weighted by molar-refractivity contribution is 6.37. The number of rotatable bonds is 5. The van der Waals surface area contributed by atoms with Gasteiger partial charge in [-0.05, 0) is 30.3 Å². The van der Waals surface area contributed by atoms with Crippen LogP contribution in [0.3, 0.4) is 0 Å². The Morgan fingerprint density at radius 3 is 2.48 bits per heavy atom. The molecule has 0 aliphatic heterocycles. The maximum absolute atomic E-state index is 12.3. The molecule has 0 bridgehead atoms. The quantitative estimate of drug-likeness (QED) is 0.827. The fourth-order valence-electron chi connectivity index (χ4n) is 1.81. The van der Waals surface area contributed by atoms with Crippen LogP contribution in [0.5, 0.6) is 11.5 Å². The SMILES string of the molecule is COc1cc(NC(=O)c2ccc(Cl)cc2Cl)ccc1OC(F)F. The Balaban J connectivity index is 2.21. The summed E-state index contributed by atoms with van der Waals surface area (Å²) in [6, 6.07) is 8.48. The molecule has 2 rings (SSSR count). The average molecular weight is 362 g/mol. The smallest absolute Gasteiger partial charge is 0.387 e. The van der Waals surface area contributed by atoms with E-state index in [2.05, 4.69) is 10.1 Å². The molecule has 0 spiro atoms. The van der Waals surface area contributed by atoms with E-state index in [-0.39, 0.29) is 22.1 Å². The summed E-state index contributed by atoms with van der Waals surface area (Å²) < 4.78 is 33.8. The molecule has 0 atom stereocenters. The molecule has 0 aromatic heterocycles. The minimum Gasteiger partial charge on any atom is -0.493 e. The van der Waals surface area contributed by atoms with Gasteiger partial charge in [0.25, 0.3) is 5.91 Å². The predicted octanol–water partition coefficient (Wildman–Crippen LogP) is 4.86. The molecule has 4 nitrogen and oxygen atoms in total. The minimum absolute atomic E-state index is 0.0605. The number of alkyl halides is 2. The van der Waals surface area contributed by atoms with Gasteiger partial charge in [-0.3, -0.25) is 4.79 Å². The Hall–Kier alpha value is -2.05. The molecule has 0 unspecified atom stereocenters. The van der Waals surface area contributed by atoms with E-state index in [0.29, 0.717) is 10.7 Å². The molecule has 0 aliphatic carbocycles. The lowest BCUT2D eigenvalue weighted by atomic mass is 10.2. The summed E-state index contributed by atoms with van der Waals surface area (Å²) in [5.41, 5.74) is 0.558. The minimum atomic E-state index is -2.97. The van der Waals surface area contributed by atoms with Crippen LogP contribution in [-0.2, 0) is 0 Å². The van der Waals surface area contributed by atoms with Crippen LogP contribution in [-0.4, -0.2) is 19.6 Å². The van der Waals surface area contributed by atoms with Gasteiger partial charge in [-0.2, -0.15) is 8.78 Å². The third-order valence-electron chi connectivity index (χ3n) is 2.81.